The Morgan fingerprint density at radius 1 is 1.54 bits per heavy atom. The van der Waals surface area contributed by atoms with Crippen LogP contribution in [0.25, 0.3) is 0 Å². The highest BCUT2D eigenvalue weighted by Gasteiger charge is 2.17. The van der Waals surface area contributed by atoms with Crippen molar-refractivity contribution in [2.75, 3.05) is 7.05 Å². The molecular weight excluding hydrogens is 162 g/mol. The molecule has 0 saturated heterocycles. The maximum atomic E-state index is 11.4. The van der Waals surface area contributed by atoms with Crippen molar-refractivity contribution in [2.45, 2.75) is 12.8 Å². The summed E-state index contributed by atoms with van der Waals surface area (Å²) in [6, 6.07) is 0. The lowest BCUT2D eigenvalue weighted by Gasteiger charge is -2.15. The van der Waals surface area contributed by atoms with Crippen molar-refractivity contribution in [3.63, 3.8) is 0 Å². The third-order valence-electron chi connectivity index (χ3n) is 2.56. The lowest BCUT2D eigenvalue weighted by molar-refractivity contribution is -0.122. The minimum absolute atomic E-state index is 0.0697. The van der Waals surface area contributed by atoms with Crippen LogP contribution >= 0.6 is 0 Å². The predicted molar refractivity (Wildman–Crippen MR) is 51.9 cm³/mol. The quantitative estimate of drug-likeness (QED) is 0.550. The Kier molecular flexibility index (Phi) is 2.05. The monoisotopic (exact) mass is 175 g/mol. The van der Waals surface area contributed by atoms with Gasteiger partial charge >= 0.3 is 0 Å². The number of amides is 1. The molecule has 13 heavy (non-hydrogen) atoms. The van der Waals surface area contributed by atoms with Crippen LogP contribution in [0, 0.1) is 5.92 Å². The summed E-state index contributed by atoms with van der Waals surface area (Å²) >= 11 is 0. The Bertz CT molecular complexity index is 312. The Labute approximate surface area is 78.2 Å². The van der Waals surface area contributed by atoms with Gasteiger partial charge in [-0.15, -0.1) is 0 Å². The van der Waals surface area contributed by atoms with Gasteiger partial charge in [-0.1, -0.05) is 18.2 Å². The highest BCUT2D eigenvalue weighted by atomic mass is 16.2. The summed E-state index contributed by atoms with van der Waals surface area (Å²) in [4.78, 5) is 13.1. The molecule has 0 aromatic heterocycles. The summed E-state index contributed by atoms with van der Waals surface area (Å²) in [5.41, 5.74) is 1.15. The van der Waals surface area contributed by atoms with Gasteiger partial charge in [0.25, 0.3) is 5.91 Å². The molecule has 0 aromatic carbocycles. The van der Waals surface area contributed by atoms with E-state index in [0.29, 0.717) is 5.92 Å². The third-order valence-corrected chi connectivity index (χ3v) is 2.56. The van der Waals surface area contributed by atoms with Crippen molar-refractivity contribution >= 4 is 5.91 Å². The van der Waals surface area contributed by atoms with Crippen LogP contribution in [0.1, 0.15) is 12.8 Å². The minimum Gasteiger partial charge on any atom is -0.319 e. The van der Waals surface area contributed by atoms with Gasteiger partial charge < -0.3 is 4.90 Å². The molecule has 1 atom stereocenters. The van der Waals surface area contributed by atoms with Crippen LogP contribution in [0.5, 0.6) is 0 Å². The maximum Gasteiger partial charge on any atom is 0.250 e. The van der Waals surface area contributed by atoms with Gasteiger partial charge in [0, 0.05) is 25.2 Å². The van der Waals surface area contributed by atoms with Gasteiger partial charge in [-0.25, -0.2) is 0 Å². The topological polar surface area (TPSA) is 20.3 Å². The molecule has 0 saturated carbocycles. The zero-order chi connectivity index (χ0) is 9.26. The first-order valence-electron chi connectivity index (χ1n) is 4.60. The number of carbonyl (C=O) groups excluding carboxylic acids is 1. The van der Waals surface area contributed by atoms with E-state index in [1.807, 2.05) is 6.20 Å². The first-order chi connectivity index (χ1) is 6.27. The average Bonchev–Trinajstić information content (AvgIpc) is 2.28. The van der Waals surface area contributed by atoms with Crippen LogP contribution < -0.4 is 0 Å². The lowest BCUT2D eigenvalue weighted by atomic mass is 9.89. The van der Waals surface area contributed by atoms with E-state index in [1.54, 1.807) is 18.0 Å². The second-order valence-electron chi connectivity index (χ2n) is 3.52. The third kappa shape index (κ3) is 1.57. The fourth-order valence-electron chi connectivity index (χ4n) is 1.70. The number of fused-ring (bicyclic) bond motifs is 1. The number of hydrogen-bond acceptors (Lipinski definition) is 1. The van der Waals surface area contributed by atoms with Gasteiger partial charge in [0.15, 0.2) is 0 Å². The number of hydrogen-bond donors (Lipinski definition) is 0. The largest absolute Gasteiger partial charge is 0.319 e. The molecular formula is C11H13NO. The van der Waals surface area contributed by atoms with Gasteiger partial charge in [0.05, 0.1) is 0 Å². The van der Waals surface area contributed by atoms with Crippen LogP contribution in [0.4, 0.5) is 0 Å². The van der Waals surface area contributed by atoms with Crippen molar-refractivity contribution in [1.82, 2.24) is 4.90 Å². The van der Waals surface area contributed by atoms with E-state index < -0.39 is 0 Å². The Balaban J connectivity index is 2.36. The molecule has 0 aromatic rings. The average molecular weight is 175 g/mol. The Morgan fingerprint density at radius 3 is 3.23 bits per heavy atom. The van der Waals surface area contributed by atoms with Crippen molar-refractivity contribution in [2.24, 2.45) is 5.92 Å². The summed E-state index contributed by atoms with van der Waals surface area (Å²) in [5, 5.41) is 0. The highest BCUT2D eigenvalue weighted by Crippen LogP contribution is 2.26. The molecule has 1 aliphatic carbocycles. The molecule has 2 heteroatoms. The fourth-order valence-corrected chi connectivity index (χ4v) is 1.70. The van der Waals surface area contributed by atoms with Crippen LogP contribution in [0.3, 0.4) is 0 Å². The summed E-state index contributed by atoms with van der Waals surface area (Å²) in [6.45, 7) is 0. The highest BCUT2D eigenvalue weighted by molar-refractivity contribution is 5.90. The first kappa shape index (κ1) is 8.30. The smallest absolute Gasteiger partial charge is 0.250 e. The van der Waals surface area contributed by atoms with Gasteiger partial charge in [-0.05, 0) is 18.4 Å². The molecule has 0 N–H and O–H groups in total. The van der Waals surface area contributed by atoms with E-state index in [2.05, 4.69) is 18.2 Å². The molecule has 1 heterocycles. The zero-order valence-corrected chi connectivity index (χ0v) is 7.73. The number of rotatable bonds is 0. The van der Waals surface area contributed by atoms with Gasteiger partial charge in [0.2, 0.25) is 0 Å². The Hall–Kier alpha value is -1.31. The van der Waals surface area contributed by atoms with E-state index in [4.69, 9.17) is 0 Å². The molecule has 0 bridgehead atoms. The second-order valence-corrected chi connectivity index (χ2v) is 3.52. The fraction of sp³-hybridized carbons (Fsp3) is 0.364. The number of likely N-dealkylation sites (N-methyl/N-ethyl adjacent to an activating group) is 1. The zero-order valence-electron chi connectivity index (χ0n) is 7.73. The van der Waals surface area contributed by atoms with Crippen molar-refractivity contribution < 1.29 is 4.79 Å². The molecule has 2 rings (SSSR count). The molecule has 0 spiro atoms. The van der Waals surface area contributed by atoms with Crippen LogP contribution in [0.15, 0.2) is 36.1 Å². The summed E-state index contributed by atoms with van der Waals surface area (Å²) in [5.74, 6) is 0.513. The van der Waals surface area contributed by atoms with Crippen LogP contribution in [0.2, 0.25) is 0 Å². The second kappa shape index (κ2) is 3.21. The number of carbonyl (C=O) groups is 1. The summed E-state index contributed by atoms with van der Waals surface area (Å²) < 4.78 is 0. The van der Waals surface area contributed by atoms with E-state index in [0.717, 1.165) is 18.4 Å². The first-order valence-corrected chi connectivity index (χ1v) is 4.60. The molecule has 68 valence electrons. The van der Waals surface area contributed by atoms with E-state index >= 15 is 0 Å². The normalized spacial score (nSPS) is 26.8. The van der Waals surface area contributed by atoms with E-state index in [9.17, 15) is 4.79 Å². The van der Waals surface area contributed by atoms with Crippen LogP contribution in [-0.2, 0) is 4.79 Å². The number of nitrogens with zero attached hydrogens (tertiary/aromatic N) is 1. The van der Waals surface area contributed by atoms with E-state index in [-0.39, 0.29) is 5.91 Å². The van der Waals surface area contributed by atoms with Crippen LogP contribution in [-0.4, -0.2) is 17.9 Å². The lowest BCUT2D eigenvalue weighted by Crippen LogP contribution is -2.17. The molecule has 1 aliphatic heterocycles. The SMILES string of the molecule is CN1C=CC2CCC=CC2=CC1=O. The standard InChI is InChI=1S/C11H13NO/c1-12-7-6-9-4-2-3-5-10(9)8-11(12)13/h3,5-9H,2,4H2,1H3. The summed E-state index contributed by atoms with van der Waals surface area (Å²) in [7, 11) is 1.79. The molecule has 0 radical (unpaired) electrons. The molecule has 1 amide bonds. The van der Waals surface area contributed by atoms with E-state index in [1.165, 1.54) is 0 Å². The molecule has 2 nitrogen and oxygen atoms in total. The maximum absolute atomic E-state index is 11.4. The van der Waals surface area contributed by atoms with Crippen molar-refractivity contribution in [3.8, 4) is 0 Å². The summed E-state index contributed by atoms with van der Waals surface area (Å²) in [6.07, 6.45) is 12.2. The molecule has 1 unspecified atom stereocenters. The molecule has 2 aliphatic rings. The van der Waals surface area contributed by atoms with Gasteiger partial charge in [-0.2, -0.15) is 0 Å². The van der Waals surface area contributed by atoms with Gasteiger partial charge in [0.1, 0.15) is 0 Å². The molecule has 0 fully saturated rings. The van der Waals surface area contributed by atoms with Crippen molar-refractivity contribution in [3.05, 3.63) is 36.1 Å². The minimum atomic E-state index is 0.0697. The number of allylic oxidation sites excluding steroid dienone is 4. The van der Waals surface area contributed by atoms with Crippen molar-refractivity contribution in [1.29, 1.82) is 0 Å². The van der Waals surface area contributed by atoms with Gasteiger partial charge in [-0.3, -0.25) is 4.79 Å². The predicted octanol–water partition coefficient (Wildman–Crippen LogP) is 1.86. The Morgan fingerprint density at radius 2 is 2.38 bits per heavy atom.